The molecular weight excluding hydrogens is 580 g/mol. The maximum Gasteiger partial charge on any atom is 0.264 e. The summed E-state index contributed by atoms with van der Waals surface area (Å²) < 4.78 is 27.1. The molecule has 4 heterocycles. The second kappa shape index (κ2) is 11.3. The lowest BCUT2D eigenvalue weighted by Crippen LogP contribution is -2.32. The van der Waals surface area contributed by atoms with Crippen molar-refractivity contribution in [3.05, 3.63) is 124 Å². The van der Waals surface area contributed by atoms with E-state index in [1.807, 2.05) is 49.4 Å². The van der Waals surface area contributed by atoms with E-state index in [2.05, 4.69) is 32.3 Å². The van der Waals surface area contributed by atoms with Gasteiger partial charge in [0.15, 0.2) is 11.5 Å². The third-order valence-electron chi connectivity index (χ3n) is 6.97. The van der Waals surface area contributed by atoms with Gasteiger partial charge in [0.1, 0.15) is 5.56 Å². The summed E-state index contributed by atoms with van der Waals surface area (Å²) in [5.74, 6) is 5.16. The molecule has 44 heavy (non-hydrogen) atoms. The number of para-hydroxylation sites is 1. The third-order valence-corrected chi connectivity index (χ3v) is 7.59. The molecular formula is C31H26N8O4S. The van der Waals surface area contributed by atoms with Crippen LogP contribution in [0.5, 0.6) is 0 Å². The number of hydrogen-bond acceptors (Lipinski definition) is 7. The zero-order valence-corrected chi connectivity index (χ0v) is 24.5. The quantitative estimate of drug-likeness (QED) is 0.276. The molecule has 12 nitrogen and oxygen atoms in total. The summed E-state index contributed by atoms with van der Waals surface area (Å²) in [5, 5.41) is 17.5. The Bertz CT molecular complexity index is 2290. The van der Waals surface area contributed by atoms with Crippen molar-refractivity contribution in [1.82, 2.24) is 34.3 Å². The van der Waals surface area contributed by atoms with E-state index in [1.54, 1.807) is 46.6 Å². The first-order valence-corrected chi connectivity index (χ1v) is 15.2. The molecule has 1 amide bonds. The van der Waals surface area contributed by atoms with Crippen LogP contribution < -0.4 is 16.0 Å². The monoisotopic (exact) mass is 606 g/mol. The van der Waals surface area contributed by atoms with Gasteiger partial charge in [0.2, 0.25) is 10.0 Å². The Kier molecular flexibility index (Phi) is 7.30. The van der Waals surface area contributed by atoms with E-state index in [1.165, 1.54) is 17.1 Å². The van der Waals surface area contributed by atoms with Gasteiger partial charge in [-0.3, -0.25) is 18.8 Å². The van der Waals surface area contributed by atoms with E-state index in [-0.39, 0.29) is 11.5 Å². The standard InChI is InChI=1S/C31H26N8O4S/c1-20(35-30(40)27-21(2)36-38-15-7-14-33-29(27)38)26-16-24-9-6-8-23(13-12-22-17-34-37(18-22)19-44(32,42)43)28(24)31(41)39(26)25-10-4-3-5-11-25/h3-11,14-18,20H,19H2,1-2H3,(H,35,40)(H2,32,42,43)/t20-/m1/s1. The Labute approximate surface area is 251 Å². The minimum absolute atomic E-state index is 0.312. The highest BCUT2D eigenvalue weighted by Crippen LogP contribution is 2.24. The van der Waals surface area contributed by atoms with Gasteiger partial charge in [0.05, 0.1) is 28.9 Å². The predicted molar refractivity (Wildman–Crippen MR) is 164 cm³/mol. The average Bonchev–Trinajstić information content (AvgIpc) is 3.57. The van der Waals surface area contributed by atoms with Crippen LogP contribution in [0.15, 0.2) is 90.2 Å². The number of aromatic nitrogens is 6. The molecule has 0 aliphatic carbocycles. The van der Waals surface area contributed by atoms with Crippen molar-refractivity contribution in [3.8, 4) is 17.5 Å². The Morgan fingerprint density at radius 1 is 1.09 bits per heavy atom. The number of benzene rings is 2. The highest BCUT2D eigenvalue weighted by Gasteiger charge is 2.23. The fraction of sp³-hybridized carbons (Fsp3) is 0.129. The summed E-state index contributed by atoms with van der Waals surface area (Å²) in [5.41, 5.74) is 3.14. The van der Waals surface area contributed by atoms with Crippen molar-refractivity contribution >= 4 is 32.4 Å². The summed E-state index contributed by atoms with van der Waals surface area (Å²) in [6.45, 7) is 3.56. The third kappa shape index (κ3) is 5.59. The first-order chi connectivity index (χ1) is 21.1. The number of hydrogen-bond donors (Lipinski definition) is 2. The number of fused-ring (bicyclic) bond motifs is 2. The molecule has 0 unspecified atom stereocenters. The molecule has 220 valence electrons. The molecule has 1 atom stereocenters. The van der Waals surface area contributed by atoms with Gasteiger partial charge in [0.25, 0.3) is 11.5 Å². The summed E-state index contributed by atoms with van der Waals surface area (Å²) in [4.78, 5) is 32.1. The first kappa shape index (κ1) is 28.5. The fourth-order valence-electron chi connectivity index (χ4n) is 5.08. The molecule has 0 saturated heterocycles. The van der Waals surface area contributed by atoms with Crippen LogP contribution in [-0.2, 0) is 15.9 Å². The number of nitrogens with one attached hydrogen (secondary N) is 1. The maximum absolute atomic E-state index is 14.3. The molecule has 13 heteroatoms. The number of carbonyl (C=O) groups excluding carboxylic acids is 1. The average molecular weight is 607 g/mol. The number of nitrogens with two attached hydrogens (primary N) is 1. The van der Waals surface area contributed by atoms with Crippen molar-refractivity contribution in [2.75, 3.05) is 0 Å². The van der Waals surface area contributed by atoms with E-state index in [0.29, 0.717) is 50.2 Å². The second-order valence-electron chi connectivity index (χ2n) is 10.2. The first-order valence-electron chi connectivity index (χ1n) is 13.5. The van der Waals surface area contributed by atoms with Gasteiger partial charge in [-0.1, -0.05) is 42.2 Å². The van der Waals surface area contributed by atoms with Gasteiger partial charge in [-0.2, -0.15) is 10.2 Å². The number of nitrogens with zero attached hydrogens (tertiary/aromatic N) is 6. The highest BCUT2D eigenvalue weighted by atomic mass is 32.2. The molecule has 0 aliphatic heterocycles. The zero-order valence-electron chi connectivity index (χ0n) is 23.7. The highest BCUT2D eigenvalue weighted by molar-refractivity contribution is 7.88. The van der Waals surface area contributed by atoms with Gasteiger partial charge in [-0.15, -0.1) is 0 Å². The normalized spacial score (nSPS) is 12.2. The number of aryl methyl sites for hydroxylation is 1. The van der Waals surface area contributed by atoms with Crippen molar-refractivity contribution < 1.29 is 13.2 Å². The lowest BCUT2D eigenvalue weighted by molar-refractivity contribution is 0.0939. The maximum atomic E-state index is 14.3. The van der Waals surface area contributed by atoms with E-state index in [0.717, 1.165) is 0 Å². The Hall–Kier alpha value is -5.58. The van der Waals surface area contributed by atoms with Crippen molar-refractivity contribution in [2.45, 2.75) is 25.8 Å². The van der Waals surface area contributed by atoms with E-state index in [4.69, 9.17) is 5.14 Å². The minimum atomic E-state index is -3.77. The Balaban J connectivity index is 1.43. The predicted octanol–water partition coefficient (Wildman–Crippen LogP) is 2.68. The molecule has 0 aliphatic rings. The van der Waals surface area contributed by atoms with Gasteiger partial charge in [-0.05, 0) is 49.6 Å². The largest absolute Gasteiger partial charge is 0.344 e. The zero-order chi connectivity index (χ0) is 31.0. The SMILES string of the molecule is Cc1nn2cccnc2c1C(=O)N[C@H](C)c1cc2cccc(C#Cc3cnn(CS(N)(=O)=O)c3)c2c(=O)n1-c1ccccc1. The van der Waals surface area contributed by atoms with Crippen LogP contribution in [0, 0.1) is 18.8 Å². The molecule has 0 radical (unpaired) electrons. The molecule has 0 fully saturated rings. The number of pyridine rings is 1. The van der Waals surface area contributed by atoms with Gasteiger partial charge in [-0.25, -0.2) is 23.1 Å². The van der Waals surface area contributed by atoms with Crippen molar-refractivity contribution in [1.29, 1.82) is 0 Å². The smallest absolute Gasteiger partial charge is 0.264 e. The van der Waals surface area contributed by atoms with Crippen LogP contribution >= 0.6 is 0 Å². The number of amides is 1. The lowest BCUT2D eigenvalue weighted by Gasteiger charge is -2.21. The van der Waals surface area contributed by atoms with Gasteiger partial charge in [0, 0.05) is 35.5 Å². The van der Waals surface area contributed by atoms with E-state index < -0.39 is 21.9 Å². The molecule has 2 aromatic carbocycles. The fourth-order valence-corrected chi connectivity index (χ4v) is 5.59. The molecule has 0 saturated carbocycles. The minimum Gasteiger partial charge on any atom is -0.344 e. The summed E-state index contributed by atoms with van der Waals surface area (Å²) in [6.07, 6.45) is 6.22. The number of rotatable bonds is 6. The van der Waals surface area contributed by atoms with Crippen LogP contribution in [0.2, 0.25) is 0 Å². The van der Waals surface area contributed by atoms with Crippen molar-refractivity contribution in [2.24, 2.45) is 5.14 Å². The molecule has 6 rings (SSSR count). The molecule has 0 bridgehead atoms. The van der Waals surface area contributed by atoms with E-state index >= 15 is 0 Å². The lowest BCUT2D eigenvalue weighted by atomic mass is 10.0. The molecule has 3 N–H and O–H groups in total. The molecule has 0 spiro atoms. The molecule has 6 aromatic rings. The van der Waals surface area contributed by atoms with Gasteiger partial charge >= 0.3 is 0 Å². The van der Waals surface area contributed by atoms with Crippen LogP contribution in [-0.4, -0.2) is 43.3 Å². The number of sulfonamides is 1. The van der Waals surface area contributed by atoms with E-state index in [9.17, 15) is 18.0 Å². The molecule has 4 aromatic heterocycles. The Morgan fingerprint density at radius 3 is 2.66 bits per heavy atom. The van der Waals surface area contributed by atoms with Crippen molar-refractivity contribution in [3.63, 3.8) is 0 Å². The van der Waals surface area contributed by atoms with Crippen LogP contribution in [0.3, 0.4) is 0 Å². The second-order valence-corrected chi connectivity index (χ2v) is 11.8. The topological polar surface area (TPSA) is 159 Å². The number of carbonyl (C=O) groups is 1. The van der Waals surface area contributed by atoms with Crippen LogP contribution in [0.25, 0.3) is 22.1 Å². The Morgan fingerprint density at radius 2 is 1.89 bits per heavy atom. The van der Waals surface area contributed by atoms with Gasteiger partial charge < -0.3 is 5.32 Å². The summed E-state index contributed by atoms with van der Waals surface area (Å²) >= 11 is 0. The number of primary sulfonamides is 1. The van der Waals surface area contributed by atoms with Crippen LogP contribution in [0.1, 0.15) is 45.8 Å². The van der Waals surface area contributed by atoms with Crippen LogP contribution in [0.4, 0.5) is 0 Å². The summed E-state index contributed by atoms with van der Waals surface area (Å²) in [7, 11) is -3.77. The summed E-state index contributed by atoms with van der Waals surface area (Å²) in [6, 6.07) is 17.5.